The predicted octanol–water partition coefficient (Wildman–Crippen LogP) is 2.01. The number of aryl methyl sites for hydroxylation is 1. The molecule has 1 aliphatic heterocycles. The minimum absolute atomic E-state index is 0.207. The van der Waals surface area contributed by atoms with Crippen LogP contribution in [0.2, 0.25) is 0 Å². The highest BCUT2D eigenvalue weighted by Crippen LogP contribution is 2.22. The number of anilines is 2. The number of nitrogens with zero attached hydrogens (tertiary/aromatic N) is 1. The summed E-state index contributed by atoms with van der Waals surface area (Å²) < 4.78 is 0. The Morgan fingerprint density at radius 1 is 1.00 bits per heavy atom. The topological polar surface area (TPSA) is 90.5 Å². The van der Waals surface area contributed by atoms with Gasteiger partial charge in [-0.15, -0.1) is 0 Å². The lowest BCUT2D eigenvalue weighted by atomic mass is 9.91. The van der Waals surface area contributed by atoms with Crippen LogP contribution in [0.4, 0.5) is 11.4 Å². The Morgan fingerprint density at radius 2 is 1.68 bits per heavy atom. The zero-order valence-corrected chi connectivity index (χ0v) is 16.2. The number of likely N-dealkylation sites (tertiary alicyclic amines) is 1. The van der Waals surface area contributed by atoms with Crippen molar-refractivity contribution < 1.29 is 14.4 Å². The number of carbonyl (C=O) groups excluding carboxylic acids is 3. The molecule has 3 rings (SSSR count). The van der Waals surface area contributed by atoms with E-state index in [1.165, 1.54) is 4.90 Å². The van der Waals surface area contributed by atoms with E-state index in [0.29, 0.717) is 11.3 Å². The molecule has 7 nitrogen and oxygen atoms in total. The second kappa shape index (κ2) is 7.72. The Kier molecular flexibility index (Phi) is 5.35. The summed E-state index contributed by atoms with van der Waals surface area (Å²) in [6.07, 6.45) is 0. The van der Waals surface area contributed by atoms with E-state index in [1.54, 1.807) is 24.3 Å². The first-order valence-electron chi connectivity index (χ1n) is 9.07. The molecule has 1 aliphatic rings. The highest BCUT2D eigenvalue weighted by Gasteiger charge is 2.44. The molecule has 1 fully saturated rings. The van der Waals surface area contributed by atoms with Crippen LogP contribution in [0.5, 0.6) is 0 Å². The van der Waals surface area contributed by atoms with Crippen molar-refractivity contribution in [1.29, 1.82) is 0 Å². The van der Waals surface area contributed by atoms with E-state index in [9.17, 15) is 14.4 Å². The number of hydrogen-bond acceptors (Lipinski definition) is 4. The lowest BCUT2D eigenvalue weighted by Crippen LogP contribution is -2.70. The maximum atomic E-state index is 12.4. The fourth-order valence-electron chi connectivity index (χ4n) is 3.20. The summed E-state index contributed by atoms with van der Waals surface area (Å²) in [5.41, 5.74) is 2.48. The second-order valence-corrected chi connectivity index (χ2v) is 7.33. The first kappa shape index (κ1) is 19.4. The normalized spacial score (nSPS) is 14.6. The molecule has 0 radical (unpaired) electrons. The average molecular weight is 380 g/mol. The van der Waals surface area contributed by atoms with Crippen molar-refractivity contribution in [1.82, 2.24) is 10.2 Å². The van der Waals surface area contributed by atoms with Crippen LogP contribution < -0.4 is 16.0 Å². The summed E-state index contributed by atoms with van der Waals surface area (Å²) in [6.45, 7) is 4.34. The Bertz CT molecular complexity index is 902. The first-order valence-corrected chi connectivity index (χ1v) is 9.07. The first-order chi connectivity index (χ1) is 13.3. The van der Waals surface area contributed by atoms with Crippen molar-refractivity contribution in [3.8, 4) is 0 Å². The zero-order valence-electron chi connectivity index (χ0n) is 16.2. The molecule has 28 heavy (non-hydrogen) atoms. The minimum Gasteiger partial charge on any atom is -0.388 e. The Labute approximate surface area is 164 Å². The Balaban J connectivity index is 1.53. The van der Waals surface area contributed by atoms with Gasteiger partial charge >= 0.3 is 11.8 Å². The molecule has 0 unspecified atom stereocenters. The van der Waals surface area contributed by atoms with Crippen LogP contribution in [0.1, 0.15) is 22.8 Å². The van der Waals surface area contributed by atoms with Crippen LogP contribution in [0.3, 0.4) is 0 Å². The number of hydrogen-bond donors (Lipinski definition) is 3. The second-order valence-electron chi connectivity index (χ2n) is 7.33. The zero-order chi connectivity index (χ0) is 20.3. The van der Waals surface area contributed by atoms with Gasteiger partial charge in [-0.2, -0.15) is 0 Å². The summed E-state index contributed by atoms with van der Waals surface area (Å²) in [7, 11) is 1.81. The van der Waals surface area contributed by atoms with Gasteiger partial charge in [-0.3, -0.25) is 14.4 Å². The molecule has 0 aromatic heterocycles. The van der Waals surface area contributed by atoms with Crippen LogP contribution in [-0.2, 0) is 9.59 Å². The third-order valence-electron chi connectivity index (χ3n) is 4.69. The molecule has 1 heterocycles. The maximum absolute atomic E-state index is 12.4. The molecule has 0 aliphatic carbocycles. The quantitative estimate of drug-likeness (QED) is 0.708. The van der Waals surface area contributed by atoms with Crippen molar-refractivity contribution in [2.75, 3.05) is 30.8 Å². The van der Waals surface area contributed by atoms with Crippen molar-refractivity contribution in [2.45, 2.75) is 19.4 Å². The highest BCUT2D eigenvalue weighted by molar-refractivity contribution is 6.39. The van der Waals surface area contributed by atoms with Crippen LogP contribution >= 0.6 is 0 Å². The molecule has 3 amide bonds. The smallest absolute Gasteiger partial charge is 0.313 e. The van der Waals surface area contributed by atoms with Gasteiger partial charge in [0.2, 0.25) is 0 Å². The predicted molar refractivity (Wildman–Crippen MR) is 108 cm³/mol. The lowest BCUT2D eigenvalue weighted by Gasteiger charge is -2.47. The SMILES string of the molecule is CNc1ccc(C(=O)NC2(C)CN(C(=O)C(=O)Nc3cccc(C)c3)C2)cc1. The van der Waals surface area contributed by atoms with E-state index in [0.717, 1.165) is 11.3 Å². The van der Waals surface area contributed by atoms with E-state index < -0.39 is 17.4 Å². The highest BCUT2D eigenvalue weighted by atomic mass is 16.2. The third-order valence-corrected chi connectivity index (χ3v) is 4.69. The molecule has 2 aromatic carbocycles. The molecule has 1 saturated heterocycles. The van der Waals surface area contributed by atoms with Crippen molar-refractivity contribution in [3.05, 3.63) is 59.7 Å². The van der Waals surface area contributed by atoms with E-state index in [1.807, 2.05) is 45.2 Å². The molecule has 2 aromatic rings. The fraction of sp³-hybridized carbons (Fsp3) is 0.286. The summed E-state index contributed by atoms with van der Waals surface area (Å²) in [5.74, 6) is -1.49. The van der Waals surface area contributed by atoms with Gasteiger partial charge < -0.3 is 20.9 Å². The third kappa shape index (κ3) is 4.31. The van der Waals surface area contributed by atoms with Gasteiger partial charge in [0.05, 0.1) is 5.54 Å². The van der Waals surface area contributed by atoms with Gasteiger partial charge in [-0.05, 0) is 55.8 Å². The molecule has 0 saturated carbocycles. The van der Waals surface area contributed by atoms with Gasteiger partial charge in [-0.25, -0.2) is 0 Å². The monoisotopic (exact) mass is 380 g/mol. The lowest BCUT2D eigenvalue weighted by molar-refractivity contribution is -0.148. The number of benzene rings is 2. The molecule has 146 valence electrons. The standard InChI is InChI=1S/C21H24N4O3/c1-14-5-4-6-17(11-14)23-19(27)20(28)25-12-21(2,13-25)24-18(26)15-7-9-16(22-3)10-8-15/h4-11,22H,12-13H2,1-3H3,(H,23,27)(H,24,26). The van der Waals surface area contributed by atoms with E-state index >= 15 is 0 Å². The molecule has 7 heteroatoms. The van der Waals surface area contributed by atoms with Gasteiger partial charge in [0.15, 0.2) is 0 Å². The minimum atomic E-state index is -0.679. The van der Waals surface area contributed by atoms with Crippen molar-refractivity contribution >= 4 is 29.1 Å². The maximum Gasteiger partial charge on any atom is 0.313 e. The fourth-order valence-corrected chi connectivity index (χ4v) is 3.20. The van der Waals surface area contributed by atoms with Gasteiger partial charge in [0.25, 0.3) is 5.91 Å². The van der Waals surface area contributed by atoms with Crippen LogP contribution in [-0.4, -0.2) is 48.3 Å². The molecule has 3 N–H and O–H groups in total. The van der Waals surface area contributed by atoms with Crippen LogP contribution in [0.25, 0.3) is 0 Å². The number of amides is 3. The van der Waals surface area contributed by atoms with Gasteiger partial charge in [0.1, 0.15) is 0 Å². The molecule has 0 atom stereocenters. The number of carbonyl (C=O) groups is 3. The molecular weight excluding hydrogens is 356 g/mol. The van der Waals surface area contributed by atoms with Crippen molar-refractivity contribution in [3.63, 3.8) is 0 Å². The van der Waals surface area contributed by atoms with E-state index in [4.69, 9.17) is 0 Å². The summed E-state index contributed by atoms with van der Waals surface area (Å²) in [6, 6.07) is 14.4. The Hall–Kier alpha value is -3.35. The molecule has 0 spiro atoms. The number of rotatable bonds is 4. The largest absolute Gasteiger partial charge is 0.388 e. The molecule has 0 bridgehead atoms. The van der Waals surface area contributed by atoms with Crippen molar-refractivity contribution in [2.24, 2.45) is 0 Å². The summed E-state index contributed by atoms with van der Waals surface area (Å²) in [5, 5.41) is 8.55. The summed E-state index contributed by atoms with van der Waals surface area (Å²) in [4.78, 5) is 38.3. The van der Waals surface area contributed by atoms with Crippen LogP contribution in [0, 0.1) is 6.92 Å². The Morgan fingerprint density at radius 3 is 2.29 bits per heavy atom. The average Bonchev–Trinajstić information content (AvgIpc) is 2.65. The number of nitrogens with one attached hydrogen (secondary N) is 3. The van der Waals surface area contributed by atoms with Gasteiger partial charge in [0, 0.05) is 37.1 Å². The van der Waals surface area contributed by atoms with Crippen LogP contribution in [0.15, 0.2) is 48.5 Å². The van der Waals surface area contributed by atoms with E-state index in [-0.39, 0.29) is 19.0 Å². The van der Waals surface area contributed by atoms with Gasteiger partial charge in [-0.1, -0.05) is 12.1 Å². The molecular formula is C21H24N4O3. The summed E-state index contributed by atoms with van der Waals surface area (Å²) >= 11 is 0. The van der Waals surface area contributed by atoms with E-state index in [2.05, 4.69) is 16.0 Å².